The number of aryl methyl sites for hydroxylation is 1. The van der Waals surface area contributed by atoms with Crippen LogP contribution in [0.15, 0.2) is 48.5 Å². The van der Waals surface area contributed by atoms with Crippen LogP contribution in [0.2, 0.25) is 0 Å². The van der Waals surface area contributed by atoms with Crippen LogP contribution in [0.25, 0.3) is 11.1 Å². The zero-order chi connectivity index (χ0) is 18.1. The summed E-state index contributed by atoms with van der Waals surface area (Å²) in [5, 5.41) is 0. The van der Waals surface area contributed by atoms with Gasteiger partial charge in [-0.3, -0.25) is 0 Å². The molecule has 0 atom stereocenters. The molecular formula is C22H29BO2. The van der Waals surface area contributed by atoms with Crippen molar-refractivity contribution in [1.29, 1.82) is 0 Å². The van der Waals surface area contributed by atoms with E-state index in [1.54, 1.807) is 0 Å². The molecule has 25 heavy (non-hydrogen) atoms. The minimum Gasteiger partial charge on any atom is -0.399 e. The maximum absolute atomic E-state index is 6.13. The van der Waals surface area contributed by atoms with Gasteiger partial charge >= 0.3 is 7.12 Å². The molecule has 1 saturated heterocycles. The highest BCUT2D eigenvalue weighted by molar-refractivity contribution is 6.62. The van der Waals surface area contributed by atoms with E-state index >= 15 is 0 Å². The first kappa shape index (κ1) is 18.2. The van der Waals surface area contributed by atoms with Gasteiger partial charge in [0.15, 0.2) is 0 Å². The Morgan fingerprint density at radius 2 is 1.24 bits per heavy atom. The first-order valence-electron chi connectivity index (χ1n) is 9.37. The van der Waals surface area contributed by atoms with E-state index in [4.69, 9.17) is 9.31 Å². The average molecular weight is 336 g/mol. The molecule has 1 fully saturated rings. The predicted octanol–water partition coefficient (Wildman–Crippen LogP) is 5.00. The van der Waals surface area contributed by atoms with Gasteiger partial charge in [0.05, 0.1) is 11.2 Å². The van der Waals surface area contributed by atoms with E-state index in [1.807, 2.05) is 0 Å². The molecule has 1 aliphatic heterocycles. The Morgan fingerprint density at radius 3 is 1.72 bits per heavy atom. The second-order valence-electron chi connectivity index (χ2n) is 8.01. The highest BCUT2D eigenvalue weighted by atomic mass is 16.7. The smallest absolute Gasteiger partial charge is 0.399 e. The summed E-state index contributed by atoms with van der Waals surface area (Å²) < 4.78 is 12.3. The highest BCUT2D eigenvalue weighted by Crippen LogP contribution is 2.36. The van der Waals surface area contributed by atoms with Crippen LogP contribution in [0, 0.1) is 0 Å². The summed E-state index contributed by atoms with van der Waals surface area (Å²) in [4.78, 5) is 0. The zero-order valence-corrected chi connectivity index (χ0v) is 16.1. The predicted molar refractivity (Wildman–Crippen MR) is 106 cm³/mol. The van der Waals surface area contributed by atoms with E-state index < -0.39 is 0 Å². The van der Waals surface area contributed by atoms with Crippen LogP contribution in [0.5, 0.6) is 0 Å². The van der Waals surface area contributed by atoms with E-state index in [2.05, 4.69) is 83.1 Å². The molecule has 0 amide bonds. The minimum absolute atomic E-state index is 0.296. The van der Waals surface area contributed by atoms with Gasteiger partial charge < -0.3 is 9.31 Å². The molecule has 0 radical (unpaired) electrons. The maximum atomic E-state index is 6.13. The van der Waals surface area contributed by atoms with Gasteiger partial charge in [0.25, 0.3) is 0 Å². The SMILES string of the molecule is CCCCc1ccc(-c2ccc(B3OC(C)(C)C(C)(C)O3)cc2)cc1. The summed E-state index contributed by atoms with van der Waals surface area (Å²) in [6.07, 6.45) is 3.65. The fourth-order valence-corrected chi connectivity index (χ4v) is 3.06. The molecule has 0 unspecified atom stereocenters. The lowest BCUT2D eigenvalue weighted by molar-refractivity contribution is 0.00578. The zero-order valence-electron chi connectivity index (χ0n) is 16.1. The normalized spacial score (nSPS) is 18.5. The van der Waals surface area contributed by atoms with Crippen molar-refractivity contribution in [2.45, 2.75) is 65.1 Å². The van der Waals surface area contributed by atoms with Crippen molar-refractivity contribution in [3.05, 3.63) is 54.1 Å². The standard InChI is InChI=1S/C22H29BO2/c1-6-7-8-17-9-11-18(12-10-17)19-13-15-20(16-14-19)23-24-21(2,3)22(4,5)25-23/h9-16H,6-8H2,1-5H3. The van der Waals surface area contributed by atoms with Gasteiger partial charge in [0.1, 0.15) is 0 Å². The monoisotopic (exact) mass is 336 g/mol. The Labute approximate surface area is 152 Å². The van der Waals surface area contributed by atoms with Gasteiger partial charge in [-0.15, -0.1) is 0 Å². The van der Waals surface area contributed by atoms with Crippen molar-refractivity contribution in [2.75, 3.05) is 0 Å². The summed E-state index contributed by atoms with van der Waals surface area (Å²) in [6.45, 7) is 10.6. The Kier molecular flexibility index (Phi) is 5.08. The van der Waals surface area contributed by atoms with Gasteiger partial charge in [-0.25, -0.2) is 0 Å². The van der Waals surface area contributed by atoms with E-state index in [1.165, 1.54) is 29.5 Å². The Hall–Kier alpha value is -1.58. The third-order valence-electron chi connectivity index (χ3n) is 5.54. The molecule has 2 aromatic rings. The van der Waals surface area contributed by atoms with Crippen LogP contribution in [-0.2, 0) is 15.7 Å². The van der Waals surface area contributed by atoms with E-state index in [0.717, 1.165) is 11.9 Å². The average Bonchev–Trinajstić information content (AvgIpc) is 2.81. The van der Waals surface area contributed by atoms with Gasteiger partial charge in [-0.05, 0) is 62.7 Å². The van der Waals surface area contributed by atoms with Crippen LogP contribution in [-0.4, -0.2) is 18.3 Å². The lowest BCUT2D eigenvalue weighted by atomic mass is 9.78. The summed E-state index contributed by atoms with van der Waals surface area (Å²) >= 11 is 0. The van der Waals surface area contributed by atoms with E-state index in [0.29, 0.717) is 0 Å². The largest absolute Gasteiger partial charge is 0.494 e. The summed E-state index contributed by atoms with van der Waals surface area (Å²) in [5.41, 5.74) is 4.36. The number of hydrogen-bond donors (Lipinski definition) is 0. The van der Waals surface area contributed by atoms with Crippen molar-refractivity contribution in [1.82, 2.24) is 0 Å². The number of benzene rings is 2. The molecule has 1 aliphatic rings. The molecule has 0 spiro atoms. The molecule has 0 aliphatic carbocycles. The first-order chi connectivity index (χ1) is 11.8. The van der Waals surface area contributed by atoms with Crippen molar-refractivity contribution in [3.8, 4) is 11.1 Å². The van der Waals surface area contributed by atoms with Crippen molar-refractivity contribution in [2.24, 2.45) is 0 Å². The molecular weight excluding hydrogens is 307 g/mol. The van der Waals surface area contributed by atoms with E-state index in [-0.39, 0.29) is 18.3 Å². The van der Waals surface area contributed by atoms with Crippen LogP contribution in [0.1, 0.15) is 53.0 Å². The lowest BCUT2D eigenvalue weighted by Crippen LogP contribution is -2.41. The van der Waals surface area contributed by atoms with Crippen LogP contribution >= 0.6 is 0 Å². The Balaban J connectivity index is 1.73. The molecule has 2 nitrogen and oxygen atoms in total. The van der Waals surface area contributed by atoms with Crippen LogP contribution in [0.3, 0.4) is 0 Å². The Morgan fingerprint density at radius 1 is 0.760 bits per heavy atom. The number of rotatable bonds is 5. The molecule has 0 saturated carbocycles. The lowest BCUT2D eigenvalue weighted by Gasteiger charge is -2.32. The summed E-state index contributed by atoms with van der Waals surface area (Å²) in [7, 11) is -0.296. The minimum atomic E-state index is -0.301. The molecule has 1 heterocycles. The third kappa shape index (κ3) is 3.83. The topological polar surface area (TPSA) is 18.5 Å². The quantitative estimate of drug-likeness (QED) is 0.716. The van der Waals surface area contributed by atoms with Gasteiger partial charge in [0, 0.05) is 0 Å². The Bertz CT molecular complexity index is 686. The summed E-state index contributed by atoms with van der Waals surface area (Å²) in [6, 6.07) is 17.5. The first-order valence-corrected chi connectivity index (χ1v) is 9.37. The van der Waals surface area contributed by atoms with Gasteiger partial charge in [0.2, 0.25) is 0 Å². The fraction of sp³-hybridized carbons (Fsp3) is 0.455. The maximum Gasteiger partial charge on any atom is 0.494 e. The second kappa shape index (κ2) is 6.97. The molecule has 2 aromatic carbocycles. The highest BCUT2D eigenvalue weighted by Gasteiger charge is 2.51. The van der Waals surface area contributed by atoms with Crippen molar-refractivity contribution in [3.63, 3.8) is 0 Å². The molecule has 3 rings (SSSR count). The van der Waals surface area contributed by atoms with Crippen LogP contribution < -0.4 is 5.46 Å². The van der Waals surface area contributed by atoms with Crippen molar-refractivity contribution >= 4 is 12.6 Å². The number of unbranched alkanes of at least 4 members (excludes halogenated alkanes) is 1. The fourth-order valence-electron chi connectivity index (χ4n) is 3.06. The van der Waals surface area contributed by atoms with Gasteiger partial charge in [-0.2, -0.15) is 0 Å². The molecule has 0 aromatic heterocycles. The van der Waals surface area contributed by atoms with Crippen LogP contribution in [0.4, 0.5) is 0 Å². The molecule has 0 bridgehead atoms. The van der Waals surface area contributed by atoms with Crippen molar-refractivity contribution < 1.29 is 9.31 Å². The second-order valence-corrected chi connectivity index (χ2v) is 8.01. The van der Waals surface area contributed by atoms with E-state index in [9.17, 15) is 0 Å². The summed E-state index contributed by atoms with van der Waals surface area (Å²) in [5.74, 6) is 0. The molecule has 0 N–H and O–H groups in total. The number of hydrogen-bond acceptors (Lipinski definition) is 2. The molecule has 132 valence electrons. The third-order valence-corrected chi connectivity index (χ3v) is 5.54. The van der Waals surface area contributed by atoms with Gasteiger partial charge in [-0.1, -0.05) is 61.9 Å². The molecule has 3 heteroatoms.